The third-order valence-corrected chi connectivity index (χ3v) is 3.18. The average Bonchev–Trinajstić information content (AvgIpc) is 2.57. The molecular weight excluding hydrogens is 266 g/mol. The van der Waals surface area contributed by atoms with Gasteiger partial charge in [0, 0.05) is 13.1 Å². The molecule has 1 fully saturated rings. The molecule has 0 bridgehead atoms. The highest BCUT2D eigenvalue weighted by Crippen LogP contribution is 2.13. The first-order valence-electron chi connectivity index (χ1n) is 6.92. The van der Waals surface area contributed by atoms with Gasteiger partial charge in [-0.25, -0.2) is 0 Å². The van der Waals surface area contributed by atoms with E-state index >= 15 is 0 Å². The van der Waals surface area contributed by atoms with Crippen LogP contribution in [0.4, 0.5) is 11.6 Å². The number of hydrazone groups is 1. The number of hydrogen-bond acceptors (Lipinski definition) is 6. The minimum Gasteiger partial charge on any atom is -0.378 e. The molecular formula is C15H17N5O. The van der Waals surface area contributed by atoms with Crippen molar-refractivity contribution in [3.05, 3.63) is 48.0 Å². The molecule has 1 aliphatic heterocycles. The molecule has 6 nitrogen and oxygen atoms in total. The molecule has 1 aromatic heterocycles. The van der Waals surface area contributed by atoms with Crippen molar-refractivity contribution in [1.82, 2.24) is 10.2 Å². The van der Waals surface area contributed by atoms with E-state index in [2.05, 4.69) is 25.6 Å². The van der Waals surface area contributed by atoms with Gasteiger partial charge in [-0.1, -0.05) is 30.3 Å². The van der Waals surface area contributed by atoms with Crippen LogP contribution in [0.2, 0.25) is 0 Å². The van der Waals surface area contributed by atoms with Crippen LogP contribution in [0.25, 0.3) is 0 Å². The van der Waals surface area contributed by atoms with Crippen molar-refractivity contribution < 1.29 is 4.74 Å². The van der Waals surface area contributed by atoms with Crippen LogP contribution in [0.3, 0.4) is 0 Å². The topological polar surface area (TPSA) is 62.6 Å². The van der Waals surface area contributed by atoms with Gasteiger partial charge in [0.2, 0.25) is 0 Å². The number of anilines is 2. The van der Waals surface area contributed by atoms with Crippen LogP contribution < -0.4 is 10.3 Å². The molecule has 0 aliphatic carbocycles. The summed E-state index contributed by atoms with van der Waals surface area (Å²) in [5, 5.41) is 12.5. The van der Waals surface area contributed by atoms with E-state index in [9.17, 15) is 0 Å². The molecule has 1 saturated heterocycles. The van der Waals surface area contributed by atoms with Crippen LogP contribution in [-0.4, -0.2) is 42.7 Å². The van der Waals surface area contributed by atoms with Crippen molar-refractivity contribution in [2.45, 2.75) is 0 Å². The number of nitrogens with zero attached hydrogens (tertiary/aromatic N) is 4. The predicted octanol–water partition coefficient (Wildman–Crippen LogP) is 1.76. The smallest absolute Gasteiger partial charge is 0.168 e. The summed E-state index contributed by atoms with van der Waals surface area (Å²) in [5.74, 6) is 1.50. The molecule has 21 heavy (non-hydrogen) atoms. The lowest BCUT2D eigenvalue weighted by molar-refractivity contribution is 0.122. The van der Waals surface area contributed by atoms with Gasteiger partial charge in [0.25, 0.3) is 0 Å². The molecule has 0 spiro atoms. The summed E-state index contributed by atoms with van der Waals surface area (Å²) in [5.41, 5.74) is 3.91. The number of morpholine rings is 1. The number of rotatable bonds is 4. The summed E-state index contributed by atoms with van der Waals surface area (Å²) in [6.07, 6.45) is 1.75. The third-order valence-electron chi connectivity index (χ3n) is 3.18. The first-order chi connectivity index (χ1) is 10.4. The van der Waals surface area contributed by atoms with Gasteiger partial charge in [-0.2, -0.15) is 5.10 Å². The molecule has 2 aromatic rings. The van der Waals surface area contributed by atoms with Crippen LogP contribution in [-0.2, 0) is 4.74 Å². The molecule has 0 amide bonds. The van der Waals surface area contributed by atoms with E-state index in [0.717, 1.165) is 37.7 Å². The maximum atomic E-state index is 5.32. The fraction of sp³-hybridized carbons (Fsp3) is 0.267. The minimum absolute atomic E-state index is 0.624. The quantitative estimate of drug-likeness (QED) is 0.684. The molecule has 2 heterocycles. The first-order valence-corrected chi connectivity index (χ1v) is 6.92. The average molecular weight is 283 g/mol. The lowest BCUT2D eigenvalue weighted by Crippen LogP contribution is -2.36. The van der Waals surface area contributed by atoms with Gasteiger partial charge < -0.3 is 9.64 Å². The van der Waals surface area contributed by atoms with Crippen LogP contribution in [0.15, 0.2) is 47.6 Å². The number of aromatic nitrogens is 2. The zero-order valence-corrected chi connectivity index (χ0v) is 11.6. The monoisotopic (exact) mass is 283 g/mol. The maximum absolute atomic E-state index is 5.32. The SMILES string of the molecule is C(=N/Nc1ccc(N2CCOCC2)nn1)/c1ccccc1. The zero-order valence-electron chi connectivity index (χ0n) is 11.6. The number of benzene rings is 1. The van der Waals surface area contributed by atoms with Crippen molar-refractivity contribution in [3.63, 3.8) is 0 Å². The van der Waals surface area contributed by atoms with Crippen molar-refractivity contribution in [2.24, 2.45) is 5.10 Å². The summed E-state index contributed by atoms with van der Waals surface area (Å²) >= 11 is 0. The summed E-state index contributed by atoms with van der Waals surface area (Å²) in [6, 6.07) is 13.7. The second-order valence-corrected chi connectivity index (χ2v) is 4.66. The normalized spacial score (nSPS) is 15.3. The summed E-state index contributed by atoms with van der Waals surface area (Å²) in [4.78, 5) is 2.16. The molecule has 6 heteroatoms. The van der Waals surface area contributed by atoms with Crippen LogP contribution in [0, 0.1) is 0 Å². The molecule has 0 saturated carbocycles. The Hall–Kier alpha value is -2.47. The van der Waals surface area contributed by atoms with Gasteiger partial charge in [-0.05, 0) is 17.7 Å². The Morgan fingerprint density at radius 2 is 1.86 bits per heavy atom. The van der Waals surface area contributed by atoms with Crippen molar-refractivity contribution in [3.8, 4) is 0 Å². The fourth-order valence-corrected chi connectivity index (χ4v) is 2.06. The Morgan fingerprint density at radius 1 is 1.05 bits per heavy atom. The molecule has 3 rings (SSSR count). The summed E-state index contributed by atoms with van der Waals surface area (Å²) in [7, 11) is 0. The molecule has 0 radical (unpaired) electrons. The van der Waals surface area contributed by atoms with Gasteiger partial charge in [0.05, 0.1) is 19.4 Å². The van der Waals surface area contributed by atoms with E-state index in [0.29, 0.717) is 5.82 Å². The van der Waals surface area contributed by atoms with E-state index in [4.69, 9.17) is 4.74 Å². The van der Waals surface area contributed by atoms with Gasteiger partial charge in [0.15, 0.2) is 11.6 Å². The van der Waals surface area contributed by atoms with Crippen LogP contribution in [0.1, 0.15) is 5.56 Å². The van der Waals surface area contributed by atoms with E-state index < -0.39 is 0 Å². The summed E-state index contributed by atoms with van der Waals surface area (Å²) in [6.45, 7) is 3.19. The van der Waals surface area contributed by atoms with E-state index in [1.54, 1.807) is 6.21 Å². The highest BCUT2D eigenvalue weighted by molar-refractivity contribution is 5.79. The Bertz CT molecular complexity index is 579. The summed E-state index contributed by atoms with van der Waals surface area (Å²) < 4.78 is 5.32. The van der Waals surface area contributed by atoms with E-state index in [1.165, 1.54) is 0 Å². The molecule has 1 aliphatic rings. The third kappa shape index (κ3) is 3.76. The van der Waals surface area contributed by atoms with Crippen LogP contribution in [0.5, 0.6) is 0 Å². The van der Waals surface area contributed by atoms with Gasteiger partial charge in [-0.15, -0.1) is 10.2 Å². The van der Waals surface area contributed by atoms with Gasteiger partial charge >= 0.3 is 0 Å². The van der Waals surface area contributed by atoms with Crippen molar-refractivity contribution in [2.75, 3.05) is 36.6 Å². The lowest BCUT2D eigenvalue weighted by Gasteiger charge is -2.27. The molecule has 0 atom stereocenters. The first kappa shape index (κ1) is 13.5. The fourth-order valence-electron chi connectivity index (χ4n) is 2.06. The number of ether oxygens (including phenoxy) is 1. The van der Waals surface area contributed by atoms with Gasteiger partial charge in [-0.3, -0.25) is 5.43 Å². The molecule has 1 N–H and O–H groups in total. The standard InChI is InChI=1S/C15H17N5O/c1-2-4-13(5-3-1)12-16-17-14-6-7-15(19-18-14)20-8-10-21-11-9-20/h1-7,12H,8-11H2,(H,17,18)/b16-12-. The lowest BCUT2D eigenvalue weighted by atomic mass is 10.2. The number of nitrogens with one attached hydrogen (secondary N) is 1. The Labute approximate surface area is 123 Å². The molecule has 0 unspecified atom stereocenters. The predicted molar refractivity (Wildman–Crippen MR) is 82.7 cm³/mol. The van der Waals surface area contributed by atoms with Crippen molar-refractivity contribution >= 4 is 17.9 Å². The molecule has 108 valence electrons. The Morgan fingerprint density at radius 3 is 2.57 bits per heavy atom. The van der Waals surface area contributed by atoms with Crippen molar-refractivity contribution in [1.29, 1.82) is 0 Å². The van der Waals surface area contributed by atoms with Gasteiger partial charge in [0.1, 0.15) is 0 Å². The maximum Gasteiger partial charge on any atom is 0.168 e. The number of hydrogen-bond donors (Lipinski definition) is 1. The van der Waals surface area contributed by atoms with Crippen LogP contribution >= 0.6 is 0 Å². The Balaban J connectivity index is 1.58. The van der Waals surface area contributed by atoms with E-state index in [1.807, 2.05) is 42.5 Å². The highest BCUT2D eigenvalue weighted by Gasteiger charge is 2.12. The largest absolute Gasteiger partial charge is 0.378 e. The Kier molecular flexibility index (Phi) is 4.38. The molecule has 1 aromatic carbocycles. The highest BCUT2D eigenvalue weighted by atomic mass is 16.5. The minimum atomic E-state index is 0.624. The second kappa shape index (κ2) is 6.81. The second-order valence-electron chi connectivity index (χ2n) is 4.66. The van der Waals surface area contributed by atoms with E-state index in [-0.39, 0.29) is 0 Å². The zero-order chi connectivity index (χ0) is 14.3.